The van der Waals surface area contributed by atoms with E-state index in [1.54, 1.807) is 12.3 Å². The third-order valence-electron chi connectivity index (χ3n) is 3.44. The van der Waals surface area contributed by atoms with Gasteiger partial charge in [0.1, 0.15) is 11.6 Å². The Kier molecular flexibility index (Phi) is 3.48. The molecule has 1 heterocycles. The maximum atomic E-state index is 13.8. The third kappa shape index (κ3) is 2.86. The van der Waals surface area contributed by atoms with E-state index in [4.69, 9.17) is 5.26 Å². The number of halogens is 1. The maximum absolute atomic E-state index is 13.8. The molecule has 0 aliphatic heterocycles. The summed E-state index contributed by atoms with van der Waals surface area (Å²) in [6.07, 6.45) is 6.00. The molecular formula is C15H15FN4. The predicted molar refractivity (Wildman–Crippen MR) is 72.3 cm³/mol. The Balaban J connectivity index is 1.77. The van der Waals surface area contributed by atoms with Crippen LogP contribution in [0.3, 0.4) is 0 Å². The van der Waals surface area contributed by atoms with Gasteiger partial charge in [-0.15, -0.1) is 0 Å². The van der Waals surface area contributed by atoms with Crippen molar-refractivity contribution >= 4 is 0 Å². The van der Waals surface area contributed by atoms with Gasteiger partial charge in [0.2, 0.25) is 0 Å². The first-order valence-electron chi connectivity index (χ1n) is 6.68. The zero-order chi connectivity index (χ0) is 13.9. The molecule has 1 fully saturated rings. The van der Waals surface area contributed by atoms with Crippen LogP contribution in [0.15, 0.2) is 30.6 Å². The van der Waals surface area contributed by atoms with Crippen molar-refractivity contribution in [3.05, 3.63) is 53.4 Å². The highest BCUT2D eigenvalue weighted by atomic mass is 19.1. The van der Waals surface area contributed by atoms with Crippen molar-refractivity contribution in [3.63, 3.8) is 0 Å². The van der Waals surface area contributed by atoms with Gasteiger partial charge in [-0.2, -0.15) is 5.26 Å². The number of nitrogens with zero attached hydrogens (tertiary/aromatic N) is 3. The zero-order valence-corrected chi connectivity index (χ0v) is 11.0. The molecule has 0 atom stereocenters. The van der Waals surface area contributed by atoms with Gasteiger partial charge in [-0.05, 0) is 31.0 Å². The van der Waals surface area contributed by atoms with Crippen LogP contribution >= 0.6 is 0 Å². The lowest BCUT2D eigenvalue weighted by Gasteiger charge is -2.09. The molecule has 0 radical (unpaired) electrons. The van der Waals surface area contributed by atoms with Crippen molar-refractivity contribution in [3.8, 4) is 6.07 Å². The van der Waals surface area contributed by atoms with E-state index < -0.39 is 0 Å². The topological polar surface area (TPSA) is 53.6 Å². The minimum Gasteiger partial charge on any atom is -0.329 e. The van der Waals surface area contributed by atoms with Gasteiger partial charge in [0, 0.05) is 24.0 Å². The van der Waals surface area contributed by atoms with E-state index in [1.165, 1.54) is 25.0 Å². The lowest BCUT2D eigenvalue weighted by atomic mass is 10.1. The number of hydrogen-bond donors (Lipinski definition) is 1. The molecule has 1 saturated carbocycles. The van der Waals surface area contributed by atoms with Crippen LogP contribution in [0, 0.1) is 17.1 Å². The minimum absolute atomic E-state index is 0.293. The van der Waals surface area contributed by atoms with Gasteiger partial charge in [-0.3, -0.25) is 0 Å². The highest BCUT2D eigenvalue weighted by Gasteiger charge is 2.20. The summed E-state index contributed by atoms with van der Waals surface area (Å²) in [7, 11) is 0. The molecule has 2 aromatic rings. The Labute approximate surface area is 116 Å². The summed E-state index contributed by atoms with van der Waals surface area (Å²) in [6, 6.07) is 7.06. The molecule has 1 aromatic carbocycles. The lowest BCUT2D eigenvalue weighted by Crippen LogP contribution is -2.19. The van der Waals surface area contributed by atoms with Gasteiger partial charge in [-0.1, -0.05) is 0 Å². The van der Waals surface area contributed by atoms with Crippen LogP contribution in [-0.4, -0.2) is 15.6 Å². The number of nitriles is 1. The van der Waals surface area contributed by atoms with Crippen molar-refractivity contribution in [1.29, 1.82) is 5.26 Å². The van der Waals surface area contributed by atoms with Crippen molar-refractivity contribution in [2.75, 3.05) is 0 Å². The highest BCUT2D eigenvalue weighted by Crippen LogP contribution is 2.19. The van der Waals surface area contributed by atoms with Crippen molar-refractivity contribution < 1.29 is 4.39 Å². The molecular weight excluding hydrogens is 255 g/mol. The fourth-order valence-electron chi connectivity index (χ4n) is 2.12. The largest absolute Gasteiger partial charge is 0.329 e. The molecule has 0 saturated heterocycles. The average molecular weight is 270 g/mol. The first kappa shape index (κ1) is 12.8. The Hall–Kier alpha value is -2.19. The molecule has 5 heteroatoms. The summed E-state index contributed by atoms with van der Waals surface area (Å²) < 4.78 is 15.7. The van der Waals surface area contributed by atoms with Crippen LogP contribution in [-0.2, 0) is 13.1 Å². The molecule has 1 aromatic heterocycles. The van der Waals surface area contributed by atoms with Crippen molar-refractivity contribution in [2.45, 2.75) is 32.0 Å². The summed E-state index contributed by atoms with van der Waals surface area (Å²) in [5, 5.41) is 12.3. The van der Waals surface area contributed by atoms with Crippen LogP contribution in [0.2, 0.25) is 0 Å². The predicted octanol–water partition coefficient (Wildman–Crippen LogP) is 2.19. The van der Waals surface area contributed by atoms with E-state index in [1.807, 2.05) is 16.8 Å². The van der Waals surface area contributed by atoms with Gasteiger partial charge < -0.3 is 9.88 Å². The van der Waals surface area contributed by atoms with Crippen LogP contribution in [0.25, 0.3) is 0 Å². The molecule has 1 N–H and O–H groups in total. The van der Waals surface area contributed by atoms with Crippen molar-refractivity contribution in [2.24, 2.45) is 0 Å². The number of nitrogens with one attached hydrogen (secondary N) is 1. The molecule has 0 spiro atoms. The number of hydrogen-bond acceptors (Lipinski definition) is 3. The number of aromatic nitrogens is 2. The summed E-state index contributed by atoms with van der Waals surface area (Å²) in [5.74, 6) is 0.595. The van der Waals surface area contributed by atoms with E-state index >= 15 is 0 Å². The highest BCUT2D eigenvalue weighted by molar-refractivity contribution is 5.34. The summed E-state index contributed by atoms with van der Waals surface area (Å²) >= 11 is 0. The monoisotopic (exact) mass is 270 g/mol. The standard InChI is InChI=1S/C15H15FN4/c16-14-4-1-11(8-17)7-12(14)10-20-6-5-18-15(20)9-19-13-2-3-13/h1,4-7,13,19H,2-3,9-10H2. The van der Waals surface area contributed by atoms with E-state index in [9.17, 15) is 4.39 Å². The average Bonchev–Trinajstić information content (AvgIpc) is 3.19. The zero-order valence-electron chi connectivity index (χ0n) is 11.0. The van der Waals surface area contributed by atoms with Crippen LogP contribution in [0.1, 0.15) is 29.8 Å². The molecule has 20 heavy (non-hydrogen) atoms. The fourth-order valence-corrected chi connectivity index (χ4v) is 2.12. The quantitative estimate of drug-likeness (QED) is 0.906. The lowest BCUT2D eigenvalue weighted by molar-refractivity contribution is 0.581. The van der Waals surface area contributed by atoms with Gasteiger partial charge in [0.25, 0.3) is 0 Å². The van der Waals surface area contributed by atoms with Crippen LogP contribution in [0.5, 0.6) is 0 Å². The molecule has 1 aliphatic carbocycles. The number of rotatable bonds is 5. The SMILES string of the molecule is N#Cc1ccc(F)c(Cn2ccnc2CNC2CC2)c1. The number of benzene rings is 1. The Morgan fingerprint density at radius 3 is 3.05 bits per heavy atom. The smallest absolute Gasteiger partial charge is 0.128 e. The Morgan fingerprint density at radius 1 is 1.45 bits per heavy atom. The van der Waals surface area contributed by atoms with E-state index in [-0.39, 0.29) is 5.82 Å². The molecule has 4 nitrogen and oxygen atoms in total. The Morgan fingerprint density at radius 2 is 2.30 bits per heavy atom. The van der Waals surface area contributed by atoms with Gasteiger partial charge in [-0.25, -0.2) is 9.37 Å². The van der Waals surface area contributed by atoms with E-state index in [0.29, 0.717) is 30.3 Å². The van der Waals surface area contributed by atoms with E-state index in [2.05, 4.69) is 10.3 Å². The van der Waals surface area contributed by atoms with Gasteiger partial charge >= 0.3 is 0 Å². The third-order valence-corrected chi connectivity index (χ3v) is 3.44. The molecule has 102 valence electrons. The summed E-state index contributed by atoms with van der Waals surface area (Å²) in [6.45, 7) is 1.08. The van der Waals surface area contributed by atoms with Crippen molar-refractivity contribution in [1.82, 2.24) is 14.9 Å². The Bertz CT molecular complexity index is 652. The fraction of sp³-hybridized carbons (Fsp3) is 0.333. The first-order valence-corrected chi connectivity index (χ1v) is 6.68. The second-order valence-electron chi connectivity index (χ2n) is 5.04. The summed E-state index contributed by atoms with van der Waals surface area (Å²) in [4.78, 5) is 4.30. The van der Waals surface area contributed by atoms with Gasteiger partial charge in [0.05, 0.1) is 24.7 Å². The molecule has 0 unspecified atom stereocenters. The van der Waals surface area contributed by atoms with Crippen LogP contribution in [0.4, 0.5) is 4.39 Å². The second-order valence-corrected chi connectivity index (χ2v) is 5.04. The molecule has 0 bridgehead atoms. The van der Waals surface area contributed by atoms with E-state index in [0.717, 1.165) is 5.82 Å². The number of imidazole rings is 1. The van der Waals surface area contributed by atoms with Gasteiger partial charge in [0.15, 0.2) is 0 Å². The maximum Gasteiger partial charge on any atom is 0.128 e. The molecule has 1 aliphatic rings. The second kappa shape index (κ2) is 5.43. The van der Waals surface area contributed by atoms with Crippen LogP contribution < -0.4 is 5.32 Å². The summed E-state index contributed by atoms with van der Waals surface area (Å²) in [5.41, 5.74) is 0.980. The molecule has 3 rings (SSSR count). The minimum atomic E-state index is -0.293. The first-order chi connectivity index (χ1) is 9.76. The normalized spacial score (nSPS) is 14.2. The molecule has 0 amide bonds.